The SMILES string of the molecule is O=C(Nc1ccc2c(c1)nc1n2CCCCC1)[C@@H]1CCCN1C(=O)c1ccccc1. The second kappa shape index (κ2) is 7.94. The molecule has 3 heterocycles. The number of fused-ring (bicyclic) bond motifs is 3. The fourth-order valence-corrected chi connectivity index (χ4v) is 4.68. The summed E-state index contributed by atoms with van der Waals surface area (Å²) >= 11 is 0. The molecule has 2 amide bonds. The maximum atomic E-state index is 13.0. The number of imidazole rings is 1. The van der Waals surface area contributed by atoms with Crippen LogP contribution in [0.5, 0.6) is 0 Å². The summed E-state index contributed by atoms with van der Waals surface area (Å²) in [5.74, 6) is 0.930. The first kappa shape index (κ1) is 18.9. The molecule has 1 N–H and O–H groups in total. The Bertz CT molecular complexity index is 1090. The molecule has 0 spiro atoms. The predicted octanol–water partition coefficient (Wildman–Crippen LogP) is 4.01. The van der Waals surface area contributed by atoms with Crippen LogP contribution in [0.1, 0.15) is 48.3 Å². The average molecular weight is 402 g/mol. The van der Waals surface area contributed by atoms with Crippen LogP contribution in [-0.2, 0) is 17.8 Å². The van der Waals surface area contributed by atoms with Crippen molar-refractivity contribution in [1.82, 2.24) is 14.5 Å². The number of carbonyl (C=O) groups is 2. The van der Waals surface area contributed by atoms with Crippen molar-refractivity contribution in [2.45, 2.75) is 51.1 Å². The van der Waals surface area contributed by atoms with E-state index in [4.69, 9.17) is 4.98 Å². The smallest absolute Gasteiger partial charge is 0.254 e. The molecule has 0 saturated carbocycles. The highest BCUT2D eigenvalue weighted by molar-refractivity contribution is 6.02. The van der Waals surface area contributed by atoms with Gasteiger partial charge in [-0.15, -0.1) is 0 Å². The van der Waals surface area contributed by atoms with Gasteiger partial charge in [0.15, 0.2) is 0 Å². The van der Waals surface area contributed by atoms with Crippen LogP contribution >= 0.6 is 0 Å². The fourth-order valence-electron chi connectivity index (χ4n) is 4.68. The third-order valence-electron chi connectivity index (χ3n) is 6.21. The number of carbonyl (C=O) groups excluding carboxylic acids is 2. The molecule has 2 aromatic carbocycles. The zero-order valence-electron chi connectivity index (χ0n) is 17.0. The number of anilines is 1. The summed E-state index contributed by atoms with van der Waals surface area (Å²) < 4.78 is 2.31. The van der Waals surface area contributed by atoms with E-state index >= 15 is 0 Å². The summed E-state index contributed by atoms with van der Waals surface area (Å²) in [7, 11) is 0. The number of aromatic nitrogens is 2. The quantitative estimate of drug-likeness (QED) is 0.720. The summed E-state index contributed by atoms with van der Waals surface area (Å²) in [5, 5.41) is 3.02. The van der Waals surface area contributed by atoms with Gasteiger partial charge in [0.2, 0.25) is 5.91 Å². The van der Waals surface area contributed by atoms with Crippen molar-refractivity contribution in [1.29, 1.82) is 0 Å². The van der Waals surface area contributed by atoms with E-state index in [2.05, 4.69) is 9.88 Å². The van der Waals surface area contributed by atoms with Crippen molar-refractivity contribution in [3.8, 4) is 0 Å². The van der Waals surface area contributed by atoms with E-state index in [1.807, 2.05) is 36.4 Å². The molecular formula is C24H26N4O2. The predicted molar refractivity (Wildman–Crippen MR) is 116 cm³/mol. The fraction of sp³-hybridized carbons (Fsp3) is 0.375. The van der Waals surface area contributed by atoms with Crippen molar-refractivity contribution in [2.75, 3.05) is 11.9 Å². The first-order valence-corrected chi connectivity index (χ1v) is 10.9. The van der Waals surface area contributed by atoms with Crippen molar-refractivity contribution >= 4 is 28.5 Å². The lowest BCUT2D eigenvalue weighted by molar-refractivity contribution is -0.119. The van der Waals surface area contributed by atoms with E-state index in [0.29, 0.717) is 18.5 Å². The summed E-state index contributed by atoms with van der Waals surface area (Å²) in [6.07, 6.45) is 6.15. The molecule has 0 aliphatic carbocycles. The minimum absolute atomic E-state index is 0.0819. The Morgan fingerprint density at radius 1 is 0.967 bits per heavy atom. The minimum Gasteiger partial charge on any atom is -0.328 e. The molecule has 0 unspecified atom stereocenters. The van der Waals surface area contributed by atoms with Gasteiger partial charge in [0.05, 0.1) is 11.0 Å². The zero-order valence-corrected chi connectivity index (χ0v) is 17.0. The highest BCUT2D eigenvalue weighted by atomic mass is 16.2. The maximum Gasteiger partial charge on any atom is 0.254 e. The Labute approximate surface area is 175 Å². The molecule has 30 heavy (non-hydrogen) atoms. The highest BCUT2D eigenvalue weighted by Crippen LogP contribution is 2.26. The van der Waals surface area contributed by atoms with Crippen LogP contribution in [0.15, 0.2) is 48.5 Å². The number of nitrogens with zero attached hydrogens (tertiary/aromatic N) is 3. The number of nitrogens with one attached hydrogen (secondary N) is 1. The Kier molecular flexibility index (Phi) is 4.99. The largest absolute Gasteiger partial charge is 0.328 e. The Balaban J connectivity index is 1.34. The first-order chi connectivity index (χ1) is 14.7. The second-order valence-corrected chi connectivity index (χ2v) is 8.21. The third-order valence-corrected chi connectivity index (χ3v) is 6.21. The number of hydrogen-bond donors (Lipinski definition) is 1. The van der Waals surface area contributed by atoms with Crippen molar-refractivity contribution < 1.29 is 9.59 Å². The van der Waals surface area contributed by atoms with Gasteiger partial charge >= 0.3 is 0 Å². The molecule has 3 aromatic rings. The van der Waals surface area contributed by atoms with Crippen LogP contribution in [0.2, 0.25) is 0 Å². The van der Waals surface area contributed by atoms with Crippen LogP contribution in [0.25, 0.3) is 11.0 Å². The van der Waals surface area contributed by atoms with Gasteiger partial charge in [-0.1, -0.05) is 24.6 Å². The molecule has 1 atom stereocenters. The summed E-state index contributed by atoms with van der Waals surface area (Å²) in [6.45, 7) is 1.62. The number of rotatable bonds is 3. The lowest BCUT2D eigenvalue weighted by Crippen LogP contribution is -2.43. The maximum absolute atomic E-state index is 13.0. The Morgan fingerprint density at radius 2 is 1.83 bits per heavy atom. The number of amides is 2. The Hall–Kier alpha value is -3.15. The summed E-state index contributed by atoms with van der Waals surface area (Å²) in [6, 6.07) is 14.7. The molecule has 2 aliphatic heterocycles. The lowest BCUT2D eigenvalue weighted by atomic mass is 10.1. The zero-order chi connectivity index (χ0) is 20.5. The molecule has 6 nitrogen and oxygen atoms in total. The number of aryl methyl sites for hydroxylation is 2. The molecule has 2 aliphatic rings. The second-order valence-electron chi connectivity index (χ2n) is 8.21. The first-order valence-electron chi connectivity index (χ1n) is 10.9. The van der Waals surface area contributed by atoms with Gasteiger partial charge in [0.25, 0.3) is 5.91 Å². The lowest BCUT2D eigenvalue weighted by Gasteiger charge is -2.24. The summed E-state index contributed by atoms with van der Waals surface area (Å²) in [4.78, 5) is 32.4. The van der Waals surface area contributed by atoms with E-state index < -0.39 is 6.04 Å². The topological polar surface area (TPSA) is 67.2 Å². The van der Waals surface area contributed by atoms with Gasteiger partial charge in [-0.3, -0.25) is 9.59 Å². The van der Waals surface area contributed by atoms with E-state index in [9.17, 15) is 9.59 Å². The van der Waals surface area contributed by atoms with Gasteiger partial charge in [0, 0.05) is 30.8 Å². The number of hydrogen-bond acceptors (Lipinski definition) is 3. The van der Waals surface area contributed by atoms with E-state index in [1.54, 1.807) is 17.0 Å². The molecule has 1 fully saturated rings. The van der Waals surface area contributed by atoms with Gasteiger partial charge in [-0.25, -0.2) is 4.98 Å². The van der Waals surface area contributed by atoms with E-state index in [1.165, 1.54) is 19.3 Å². The molecule has 1 saturated heterocycles. The number of benzene rings is 2. The van der Waals surface area contributed by atoms with Gasteiger partial charge in [0.1, 0.15) is 11.9 Å². The van der Waals surface area contributed by atoms with Crippen molar-refractivity contribution in [3.05, 3.63) is 59.9 Å². The van der Waals surface area contributed by atoms with Crippen LogP contribution < -0.4 is 5.32 Å². The molecule has 154 valence electrons. The van der Waals surface area contributed by atoms with Crippen LogP contribution in [0, 0.1) is 0 Å². The van der Waals surface area contributed by atoms with Gasteiger partial charge in [-0.05, 0) is 56.0 Å². The van der Waals surface area contributed by atoms with Gasteiger partial charge < -0.3 is 14.8 Å². The highest BCUT2D eigenvalue weighted by Gasteiger charge is 2.34. The van der Waals surface area contributed by atoms with Crippen LogP contribution in [0.3, 0.4) is 0 Å². The average Bonchev–Trinajstić information content (AvgIpc) is 3.32. The van der Waals surface area contributed by atoms with Crippen LogP contribution in [0.4, 0.5) is 5.69 Å². The molecule has 0 radical (unpaired) electrons. The monoisotopic (exact) mass is 402 g/mol. The van der Waals surface area contributed by atoms with Crippen molar-refractivity contribution in [2.24, 2.45) is 0 Å². The van der Waals surface area contributed by atoms with E-state index in [0.717, 1.165) is 41.9 Å². The standard InChI is InChI=1S/C24H26N4O2/c29-23(21-10-7-15-28(21)24(30)17-8-3-1-4-9-17)25-18-12-13-20-19(16-18)26-22-11-5-2-6-14-27(20)22/h1,3-4,8-9,12-13,16,21H,2,5-7,10-11,14-15H2,(H,25,29)/t21-/m0/s1. The normalized spacial score (nSPS) is 18.8. The van der Waals surface area contributed by atoms with Gasteiger partial charge in [-0.2, -0.15) is 0 Å². The van der Waals surface area contributed by atoms with Crippen molar-refractivity contribution in [3.63, 3.8) is 0 Å². The molecule has 1 aromatic heterocycles. The minimum atomic E-state index is -0.438. The molecular weight excluding hydrogens is 376 g/mol. The molecule has 0 bridgehead atoms. The van der Waals surface area contributed by atoms with E-state index in [-0.39, 0.29) is 11.8 Å². The molecule has 5 rings (SSSR count). The number of likely N-dealkylation sites (tertiary alicyclic amines) is 1. The Morgan fingerprint density at radius 3 is 2.70 bits per heavy atom. The van der Waals surface area contributed by atoms with Crippen LogP contribution in [-0.4, -0.2) is 38.9 Å². The summed E-state index contributed by atoms with van der Waals surface area (Å²) in [5.41, 5.74) is 3.41. The molecule has 6 heteroatoms. The third kappa shape index (κ3) is 3.47.